The van der Waals surface area contributed by atoms with E-state index in [2.05, 4.69) is 0 Å². The van der Waals surface area contributed by atoms with Gasteiger partial charge in [-0.05, 0) is 24.1 Å². The zero-order valence-electron chi connectivity index (χ0n) is 9.71. The molecule has 3 nitrogen and oxygen atoms in total. The molecule has 0 saturated heterocycles. The molecule has 0 aromatic heterocycles. The van der Waals surface area contributed by atoms with Crippen LogP contribution in [0.5, 0.6) is 5.75 Å². The average Bonchev–Trinajstić information content (AvgIpc) is 2.31. The number of rotatable bonds is 7. The summed E-state index contributed by atoms with van der Waals surface area (Å²) in [6, 6.07) is 2.09. The van der Waals surface area contributed by atoms with Crippen LogP contribution in [0.15, 0.2) is 12.1 Å². The van der Waals surface area contributed by atoms with Crippen LogP contribution in [-0.2, 0) is 11.3 Å². The molecular formula is C12H16F2O3. The summed E-state index contributed by atoms with van der Waals surface area (Å²) in [4.78, 5) is 0. The highest BCUT2D eigenvalue weighted by molar-refractivity contribution is 5.31. The Morgan fingerprint density at radius 1 is 1.12 bits per heavy atom. The molecule has 0 fully saturated rings. The van der Waals surface area contributed by atoms with E-state index in [1.54, 1.807) is 0 Å². The van der Waals surface area contributed by atoms with Crippen molar-refractivity contribution >= 4 is 0 Å². The Morgan fingerprint density at radius 3 is 2.29 bits per heavy atom. The van der Waals surface area contributed by atoms with Crippen LogP contribution in [0, 0.1) is 11.6 Å². The first-order valence-corrected chi connectivity index (χ1v) is 5.48. The van der Waals surface area contributed by atoms with Crippen LogP contribution in [0.4, 0.5) is 8.78 Å². The Morgan fingerprint density at radius 2 is 1.76 bits per heavy atom. The zero-order valence-corrected chi connectivity index (χ0v) is 9.71. The summed E-state index contributed by atoms with van der Waals surface area (Å²) in [5, 5.41) is 8.76. The highest BCUT2D eigenvalue weighted by atomic mass is 19.1. The van der Waals surface area contributed by atoms with Crippen molar-refractivity contribution in [1.82, 2.24) is 0 Å². The van der Waals surface area contributed by atoms with E-state index < -0.39 is 24.0 Å². The van der Waals surface area contributed by atoms with E-state index in [4.69, 9.17) is 14.6 Å². The van der Waals surface area contributed by atoms with E-state index in [0.717, 1.165) is 18.6 Å². The van der Waals surface area contributed by atoms with Crippen molar-refractivity contribution in [3.8, 4) is 5.75 Å². The number of halogens is 2. The Kier molecular flexibility index (Phi) is 5.86. The molecule has 5 heteroatoms. The molecule has 0 spiro atoms. The van der Waals surface area contributed by atoms with Gasteiger partial charge in [-0.15, -0.1) is 0 Å². The fourth-order valence-corrected chi connectivity index (χ4v) is 1.29. The van der Waals surface area contributed by atoms with Crippen LogP contribution in [0.2, 0.25) is 0 Å². The van der Waals surface area contributed by atoms with Crippen molar-refractivity contribution in [2.24, 2.45) is 0 Å². The van der Waals surface area contributed by atoms with Crippen molar-refractivity contribution in [3.05, 3.63) is 29.3 Å². The van der Waals surface area contributed by atoms with E-state index in [9.17, 15) is 8.78 Å². The van der Waals surface area contributed by atoms with Crippen molar-refractivity contribution in [3.63, 3.8) is 0 Å². The maximum atomic E-state index is 13.4. The lowest BCUT2D eigenvalue weighted by Gasteiger charge is -2.09. The normalized spacial score (nSPS) is 10.6. The highest BCUT2D eigenvalue weighted by Gasteiger charge is 2.12. The molecule has 0 bridgehead atoms. The quantitative estimate of drug-likeness (QED) is 0.750. The average molecular weight is 246 g/mol. The lowest BCUT2D eigenvalue weighted by Crippen LogP contribution is -2.09. The van der Waals surface area contributed by atoms with Crippen LogP contribution >= 0.6 is 0 Å². The fourth-order valence-electron chi connectivity index (χ4n) is 1.29. The number of aliphatic hydroxyl groups is 1. The molecule has 1 rings (SSSR count). The number of ether oxygens (including phenoxy) is 2. The van der Waals surface area contributed by atoms with Gasteiger partial charge >= 0.3 is 0 Å². The SMILES string of the molecule is CCCOCCOc1c(F)cc(CO)cc1F. The van der Waals surface area contributed by atoms with Gasteiger partial charge in [0.25, 0.3) is 0 Å². The van der Waals surface area contributed by atoms with Gasteiger partial charge in [-0.3, -0.25) is 0 Å². The van der Waals surface area contributed by atoms with Crippen molar-refractivity contribution < 1.29 is 23.4 Å². The second-order valence-electron chi connectivity index (χ2n) is 3.51. The van der Waals surface area contributed by atoms with Gasteiger partial charge in [0.05, 0.1) is 13.2 Å². The summed E-state index contributed by atoms with van der Waals surface area (Å²) in [5.74, 6) is -2.06. The first-order chi connectivity index (χ1) is 8.19. The largest absolute Gasteiger partial charge is 0.485 e. The minimum absolute atomic E-state index is 0.0896. The van der Waals surface area contributed by atoms with Crippen molar-refractivity contribution in [1.29, 1.82) is 0 Å². The number of hydrogen-bond donors (Lipinski definition) is 1. The molecule has 0 atom stereocenters. The van der Waals surface area contributed by atoms with Gasteiger partial charge in [0.2, 0.25) is 0 Å². The van der Waals surface area contributed by atoms with Crippen LogP contribution in [-0.4, -0.2) is 24.9 Å². The van der Waals surface area contributed by atoms with E-state index in [0.29, 0.717) is 6.61 Å². The molecule has 0 heterocycles. The maximum Gasteiger partial charge on any atom is 0.190 e. The fraction of sp³-hybridized carbons (Fsp3) is 0.500. The molecule has 1 aromatic rings. The Hall–Kier alpha value is -1.20. The number of benzene rings is 1. The number of aliphatic hydroxyl groups excluding tert-OH is 1. The van der Waals surface area contributed by atoms with Gasteiger partial charge in [0.1, 0.15) is 6.61 Å². The van der Waals surface area contributed by atoms with Crippen molar-refractivity contribution in [2.45, 2.75) is 20.0 Å². The minimum Gasteiger partial charge on any atom is -0.485 e. The molecule has 0 radical (unpaired) electrons. The van der Waals surface area contributed by atoms with Crippen LogP contribution in [0.1, 0.15) is 18.9 Å². The molecule has 0 amide bonds. The molecule has 0 unspecified atom stereocenters. The van der Waals surface area contributed by atoms with E-state index >= 15 is 0 Å². The smallest absolute Gasteiger partial charge is 0.190 e. The van der Waals surface area contributed by atoms with Gasteiger partial charge in [-0.2, -0.15) is 0 Å². The first-order valence-electron chi connectivity index (χ1n) is 5.48. The number of hydrogen-bond acceptors (Lipinski definition) is 3. The topological polar surface area (TPSA) is 38.7 Å². The summed E-state index contributed by atoms with van der Waals surface area (Å²) in [5.41, 5.74) is 0.176. The van der Waals surface area contributed by atoms with Crippen LogP contribution in [0.3, 0.4) is 0 Å². The van der Waals surface area contributed by atoms with E-state index in [-0.39, 0.29) is 18.8 Å². The molecule has 0 aliphatic carbocycles. The lowest BCUT2D eigenvalue weighted by atomic mass is 10.2. The van der Waals surface area contributed by atoms with Gasteiger partial charge < -0.3 is 14.6 Å². The van der Waals surface area contributed by atoms with Gasteiger partial charge in [-0.25, -0.2) is 8.78 Å². The summed E-state index contributed by atoms with van der Waals surface area (Å²) >= 11 is 0. The molecule has 1 N–H and O–H groups in total. The summed E-state index contributed by atoms with van der Waals surface area (Å²) in [7, 11) is 0. The van der Waals surface area contributed by atoms with E-state index in [1.807, 2.05) is 6.92 Å². The lowest BCUT2D eigenvalue weighted by molar-refractivity contribution is 0.0975. The second kappa shape index (κ2) is 7.19. The molecule has 0 aliphatic rings. The molecule has 17 heavy (non-hydrogen) atoms. The maximum absolute atomic E-state index is 13.4. The van der Waals surface area contributed by atoms with Gasteiger partial charge in [-0.1, -0.05) is 6.92 Å². The standard InChI is InChI=1S/C12H16F2O3/c1-2-3-16-4-5-17-12-10(13)6-9(8-15)7-11(12)14/h6-7,15H,2-5,8H2,1H3. The molecule has 0 saturated carbocycles. The third kappa shape index (κ3) is 4.28. The molecular weight excluding hydrogens is 230 g/mol. The summed E-state index contributed by atoms with van der Waals surface area (Å²) in [6.07, 6.45) is 0.883. The third-order valence-corrected chi connectivity index (χ3v) is 2.06. The highest BCUT2D eigenvalue weighted by Crippen LogP contribution is 2.23. The summed E-state index contributed by atoms with van der Waals surface area (Å²) < 4.78 is 36.8. The van der Waals surface area contributed by atoms with Gasteiger partial charge in [0, 0.05) is 6.61 Å². The minimum atomic E-state index is -0.815. The van der Waals surface area contributed by atoms with Crippen LogP contribution in [0.25, 0.3) is 0 Å². The predicted molar refractivity (Wildman–Crippen MR) is 58.9 cm³/mol. The second-order valence-corrected chi connectivity index (χ2v) is 3.51. The van der Waals surface area contributed by atoms with Crippen LogP contribution < -0.4 is 4.74 Å². The van der Waals surface area contributed by atoms with Crippen molar-refractivity contribution in [2.75, 3.05) is 19.8 Å². The predicted octanol–water partition coefficient (Wildman–Crippen LogP) is 2.26. The summed E-state index contributed by atoms with van der Waals surface area (Å²) in [6.45, 7) is 2.53. The monoisotopic (exact) mass is 246 g/mol. The molecule has 96 valence electrons. The van der Waals surface area contributed by atoms with Gasteiger partial charge in [0.15, 0.2) is 17.4 Å². The molecule has 1 aromatic carbocycles. The Balaban J connectivity index is 2.53. The third-order valence-electron chi connectivity index (χ3n) is 2.06. The zero-order chi connectivity index (χ0) is 12.7. The Bertz CT molecular complexity index is 333. The van der Waals surface area contributed by atoms with E-state index in [1.165, 1.54) is 0 Å². The molecule has 0 aliphatic heterocycles. The Labute approximate surface area is 99.0 Å². The first kappa shape index (κ1) is 13.9.